The molecule has 0 atom stereocenters. The number of hydrogen-bond acceptors (Lipinski definition) is 1. The van der Waals surface area contributed by atoms with Crippen molar-refractivity contribution in [2.45, 2.75) is 12.8 Å². The molecule has 46 heavy (non-hydrogen) atoms. The molecule has 2 heteroatoms. The lowest BCUT2D eigenvalue weighted by molar-refractivity contribution is 1.17. The highest BCUT2D eigenvalue weighted by molar-refractivity contribution is 6.24. The van der Waals surface area contributed by atoms with E-state index in [1.54, 1.807) is 0 Å². The van der Waals surface area contributed by atoms with Gasteiger partial charge >= 0.3 is 0 Å². The molecule has 2 heterocycles. The number of benzene rings is 7. The molecule has 0 unspecified atom stereocenters. The van der Waals surface area contributed by atoms with Gasteiger partial charge in [0, 0.05) is 34.3 Å². The predicted octanol–water partition coefficient (Wildman–Crippen LogP) is 11.4. The Bertz CT molecular complexity index is 2380. The fraction of sp³-hybridized carbons (Fsp3) is 0.0455. The van der Waals surface area contributed by atoms with E-state index in [0.29, 0.717) is 0 Å². The minimum Gasteiger partial charge on any atom is -0.359 e. The number of hydrogen-bond donors (Lipinski definition) is 1. The van der Waals surface area contributed by atoms with Crippen molar-refractivity contribution in [3.63, 3.8) is 0 Å². The summed E-state index contributed by atoms with van der Waals surface area (Å²) in [6.07, 6.45) is 4.21. The molecular formula is C44H32N2. The molecule has 0 saturated heterocycles. The van der Waals surface area contributed by atoms with Crippen LogP contribution in [0.4, 0.5) is 5.69 Å². The molecular weight excluding hydrogens is 556 g/mol. The molecule has 2 nitrogen and oxygen atoms in total. The molecule has 0 amide bonds. The molecule has 0 saturated carbocycles. The highest BCUT2D eigenvalue weighted by Crippen LogP contribution is 2.41. The number of nitrogens with one attached hydrogen (secondary N) is 1. The summed E-state index contributed by atoms with van der Waals surface area (Å²) >= 11 is 0. The van der Waals surface area contributed by atoms with Crippen LogP contribution in [0.5, 0.6) is 0 Å². The van der Waals surface area contributed by atoms with Crippen molar-refractivity contribution < 1.29 is 0 Å². The molecule has 8 aromatic rings. The zero-order valence-corrected chi connectivity index (χ0v) is 25.4. The van der Waals surface area contributed by atoms with Gasteiger partial charge in [-0.15, -0.1) is 0 Å². The number of nitrogens with zero attached hydrogens (tertiary/aromatic N) is 1. The summed E-state index contributed by atoms with van der Waals surface area (Å²) in [5.41, 5.74) is 13.8. The van der Waals surface area contributed by atoms with Crippen molar-refractivity contribution in [3.05, 3.63) is 181 Å². The molecule has 1 aromatic heterocycles. The molecule has 1 aliphatic rings. The molecule has 0 radical (unpaired) electrons. The van der Waals surface area contributed by atoms with Crippen LogP contribution in [0.2, 0.25) is 0 Å². The highest BCUT2D eigenvalue weighted by atomic mass is 15.0. The molecule has 0 bridgehead atoms. The second-order valence-corrected chi connectivity index (χ2v) is 12.2. The van der Waals surface area contributed by atoms with Gasteiger partial charge in [0.05, 0.1) is 11.0 Å². The van der Waals surface area contributed by atoms with Crippen LogP contribution in [0.1, 0.15) is 11.1 Å². The average Bonchev–Trinajstić information content (AvgIpc) is 3.70. The number of fused-ring (bicyclic) bond motifs is 6. The van der Waals surface area contributed by atoms with E-state index in [9.17, 15) is 0 Å². The maximum atomic E-state index is 3.58. The zero-order chi connectivity index (χ0) is 30.5. The van der Waals surface area contributed by atoms with E-state index in [1.807, 2.05) is 0 Å². The molecule has 9 rings (SSSR count). The zero-order valence-electron chi connectivity index (χ0n) is 25.4. The van der Waals surface area contributed by atoms with Crippen LogP contribution in [0, 0.1) is 0 Å². The van der Waals surface area contributed by atoms with Gasteiger partial charge in [0.1, 0.15) is 0 Å². The summed E-state index contributed by atoms with van der Waals surface area (Å²) in [6.45, 7) is 0. The van der Waals surface area contributed by atoms with Crippen LogP contribution in [0.3, 0.4) is 0 Å². The van der Waals surface area contributed by atoms with Gasteiger partial charge in [0.2, 0.25) is 0 Å². The molecule has 0 spiro atoms. The normalized spacial score (nSPS) is 13.4. The molecule has 1 N–H and O–H groups in total. The predicted molar refractivity (Wildman–Crippen MR) is 195 cm³/mol. The summed E-state index contributed by atoms with van der Waals surface area (Å²) in [4.78, 5) is 0. The molecule has 218 valence electrons. The van der Waals surface area contributed by atoms with E-state index in [0.717, 1.165) is 18.5 Å². The summed E-state index contributed by atoms with van der Waals surface area (Å²) in [6, 6.07) is 57.4. The Kier molecular flexibility index (Phi) is 6.31. The minimum atomic E-state index is 0.906. The van der Waals surface area contributed by atoms with Gasteiger partial charge in [-0.05, 0) is 80.9 Å². The summed E-state index contributed by atoms with van der Waals surface area (Å²) in [5.74, 6) is 0. The van der Waals surface area contributed by atoms with Crippen LogP contribution in [0.25, 0.3) is 60.5 Å². The highest BCUT2D eigenvalue weighted by Gasteiger charge is 2.18. The third-order valence-corrected chi connectivity index (χ3v) is 9.45. The monoisotopic (exact) mass is 588 g/mol. The minimum absolute atomic E-state index is 0.906. The quantitative estimate of drug-likeness (QED) is 0.212. The van der Waals surface area contributed by atoms with E-state index in [1.165, 1.54) is 77.3 Å². The summed E-state index contributed by atoms with van der Waals surface area (Å²) < 4.78 is 2.43. The van der Waals surface area contributed by atoms with Crippen molar-refractivity contribution in [2.24, 2.45) is 0 Å². The van der Waals surface area contributed by atoms with Crippen LogP contribution in [-0.4, -0.2) is 4.57 Å². The maximum absolute atomic E-state index is 3.58. The van der Waals surface area contributed by atoms with Crippen molar-refractivity contribution >= 4 is 38.3 Å². The van der Waals surface area contributed by atoms with Gasteiger partial charge in [-0.25, -0.2) is 0 Å². The largest absolute Gasteiger partial charge is 0.359 e. The second-order valence-electron chi connectivity index (χ2n) is 12.2. The van der Waals surface area contributed by atoms with E-state index in [4.69, 9.17) is 0 Å². The lowest BCUT2D eigenvalue weighted by atomic mass is 9.94. The third kappa shape index (κ3) is 4.50. The fourth-order valence-corrected chi connectivity index (χ4v) is 7.18. The van der Waals surface area contributed by atoms with Crippen molar-refractivity contribution in [2.75, 3.05) is 5.32 Å². The lowest BCUT2D eigenvalue weighted by Crippen LogP contribution is -1.95. The number of allylic oxidation sites excluding steroid dienone is 2. The Morgan fingerprint density at radius 1 is 0.543 bits per heavy atom. The topological polar surface area (TPSA) is 17.0 Å². The lowest BCUT2D eigenvalue weighted by Gasteiger charge is -2.13. The van der Waals surface area contributed by atoms with Gasteiger partial charge in [0.15, 0.2) is 0 Å². The average molecular weight is 589 g/mol. The van der Waals surface area contributed by atoms with Crippen molar-refractivity contribution in [1.82, 2.24) is 4.57 Å². The summed E-state index contributed by atoms with van der Waals surface area (Å²) in [5, 5.41) is 8.72. The van der Waals surface area contributed by atoms with Gasteiger partial charge in [-0.3, -0.25) is 0 Å². The van der Waals surface area contributed by atoms with Crippen LogP contribution in [-0.2, 0) is 12.8 Å². The van der Waals surface area contributed by atoms with Gasteiger partial charge in [-0.1, -0.05) is 133 Å². The Morgan fingerprint density at radius 3 is 2.00 bits per heavy atom. The van der Waals surface area contributed by atoms with Gasteiger partial charge in [-0.2, -0.15) is 0 Å². The van der Waals surface area contributed by atoms with E-state index >= 15 is 0 Å². The maximum Gasteiger partial charge on any atom is 0.0553 e. The smallest absolute Gasteiger partial charge is 0.0553 e. The Labute approximate surface area is 268 Å². The van der Waals surface area contributed by atoms with E-state index < -0.39 is 0 Å². The number of para-hydroxylation sites is 2. The molecule has 7 aromatic carbocycles. The van der Waals surface area contributed by atoms with Crippen LogP contribution < -0.4 is 5.32 Å². The fourth-order valence-electron chi connectivity index (χ4n) is 7.18. The first kappa shape index (κ1) is 26.5. The number of anilines is 1. The first-order valence-corrected chi connectivity index (χ1v) is 16.0. The standard InChI is InChI=1S/C44H32N2/c1-2-10-31(11-3-1)32-23-26-36(27-24-32)46-42-17-9-7-15-39(42)44-38-14-6-5-13-37(38)40(29-43(44)46)33-21-18-30(19-22-33)20-25-35-28-34-12-4-8-16-41(34)45-35/h1-19,21-27,29,45H,20,28H2. The molecule has 1 aliphatic heterocycles. The Hall–Kier alpha value is -5.86. The van der Waals surface area contributed by atoms with Crippen LogP contribution >= 0.6 is 0 Å². The Balaban J connectivity index is 1.14. The van der Waals surface area contributed by atoms with Gasteiger partial charge < -0.3 is 9.88 Å². The third-order valence-electron chi connectivity index (χ3n) is 9.45. The molecule has 0 fully saturated rings. The van der Waals surface area contributed by atoms with E-state index in [-0.39, 0.29) is 0 Å². The van der Waals surface area contributed by atoms with Crippen molar-refractivity contribution in [1.29, 1.82) is 0 Å². The number of aromatic nitrogens is 1. The summed E-state index contributed by atoms with van der Waals surface area (Å²) in [7, 11) is 0. The van der Waals surface area contributed by atoms with E-state index in [2.05, 4.69) is 174 Å². The van der Waals surface area contributed by atoms with Crippen LogP contribution in [0.15, 0.2) is 169 Å². The Morgan fingerprint density at radius 2 is 1.20 bits per heavy atom. The van der Waals surface area contributed by atoms with Gasteiger partial charge in [0.25, 0.3) is 0 Å². The second kappa shape index (κ2) is 10.9. The first-order chi connectivity index (χ1) is 22.8. The first-order valence-electron chi connectivity index (χ1n) is 16.0. The number of rotatable bonds is 5. The molecule has 0 aliphatic carbocycles. The van der Waals surface area contributed by atoms with Crippen molar-refractivity contribution in [3.8, 4) is 27.9 Å². The SMILES string of the molecule is C(Cc1ccc(-c2cc3c(c4ccccc24)c2ccccc2n3-c2ccc(-c3ccccc3)cc2)cc1)=C1Cc2ccccc2N1.